The number of azo groups is 1. The average Bonchev–Trinajstić information content (AvgIpc) is 3.13. The maximum absolute atomic E-state index is 12.4. The van der Waals surface area contributed by atoms with Gasteiger partial charge in [-0.2, -0.15) is 0 Å². The summed E-state index contributed by atoms with van der Waals surface area (Å²) in [5.74, 6) is -0.0847. The Kier molecular flexibility index (Phi) is 6.05. The number of nitrogens with zero attached hydrogens (tertiary/aromatic N) is 3. The van der Waals surface area contributed by atoms with Crippen molar-refractivity contribution in [3.8, 4) is 11.6 Å². The molecule has 1 aliphatic rings. The van der Waals surface area contributed by atoms with Gasteiger partial charge in [0.25, 0.3) is 0 Å². The Morgan fingerprint density at radius 2 is 1.64 bits per heavy atom. The quantitative estimate of drug-likeness (QED) is 0.272. The van der Waals surface area contributed by atoms with E-state index in [9.17, 15) is 9.90 Å². The Bertz CT molecular complexity index is 1490. The van der Waals surface area contributed by atoms with E-state index in [4.69, 9.17) is 27.9 Å². The zero-order valence-corrected chi connectivity index (χ0v) is 21.6. The fraction of sp³-hybridized carbons (Fsp3) is 0.250. The van der Waals surface area contributed by atoms with Crippen LogP contribution >= 0.6 is 23.2 Å². The van der Waals surface area contributed by atoms with Crippen LogP contribution in [0, 0.1) is 0 Å². The van der Waals surface area contributed by atoms with Gasteiger partial charge in [-0.1, -0.05) is 60.5 Å². The van der Waals surface area contributed by atoms with Crippen LogP contribution in [-0.4, -0.2) is 22.2 Å². The van der Waals surface area contributed by atoms with Crippen LogP contribution in [0.4, 0.5) is 5.69 Å². The highest BCUT2D eigenvalue weighted by Crippen LogP contribution is 2.54. The first-order valence-electron chi connectivity index (χ1n) is 11.6. The van der Waals surface area contributed by atoms with Crippen LogP contribution in [0.25, 0.3) is 10.9 Å². The molecule has 0 radical (unpaired) electrons. The molecule has 0 aliphatic carbocycles. The first-order valence-corrected chi connectivity index (χ1v) is 12.3. The lowest BCUT2D eigenvalue weighted by Crippen LogP contribution is -2.41. The van der Waals surface area contributed by atoms with E-state index in [0.29, 0.717) is 15.8 Å². The van der Waals surface area contributed by atoms with Gasteiger partial charge in [-0.25, -0.2) is 0 Å². The van der Waals surface area contributed by atoms with Crippen LogP contribution in [0.3, 0.4) is 0 Å². The van der Waals surface area contributed by atoms with Crippen LogP contribution in [-0.2, 0) is 15.7 Å². The third kappa shape index (κ3) is 4.14. The molecular formula is C28H25Cl2N3O3. The molecule has 5 rings (SSSR count). The first kappa shape index (κ1) is 24.3. The molecule has 1 unspecified atom stereocenters. The molecule has 3 aromatic carbocycles. The van der Waals surface area contributed by atoms with Crippen molar-refractivity contribution in [1.82, 2.24) is 4.57 Å². The van der Waals surface area contributed by atoms with Crippen molar-refractivity contribution >= 4 is 45.7 Å². The number of hydrogen-bond donors (Lipinski definition) is 1. The van der Waals surface area contributed by atoms with Crippen LogP contribution < -0.4 is 4.74 Å². The number of hydrogen-bond acceptors (Lipinski definition) is 4. The molecule has 1 amide bonds. The SMILES string of the molecule is CC1(c2ccc(Cl)cc2)CC(C)(C)n2c(O)c(N=NC(=O)COc3ccc(Cl)cc3)c3cccc1c32. The monoisotopic (exact) mass is 521 g/mol. The lowest BCUT2D eigenvalue weighted by molar-refractivity contribution is -0.120. The molecule has 2 heterocycles. The highest BCUT2D eigenvalue weighted by Gasteiger charge is 2.45. The fourth-order valence-corrected chi connectivity index (χ4v) is 5.62. The van der Waals surface area contributed by atoms with Crippen molar-refractivity contribution in [2.75, 3.05) is 6.61 Å². The number of carbonyl (C=O) groups is 1. The molecule has 0 fully saturated rings. The third-order valence-corrected chi connectivity index (χ3v) is 7.35. The molecule has 36 heavy (non-hydrogen) atoms. The van der Waals surface area contributed by atoms with E-state index in [1.54, 1.807) is 24.3 Å². The first-order chi connectivity index (χ1) is 17.1. The molecule has 4 aromatic rings. The van der Waals surface area contributed by atoms with Gasteiger partial charge < -0.3 is 14.4 Å². The zero-order chi connectivity index (χ0) is 25.7. The highest BCUT2D eigenvalue weighted by atomic mass is 35.5. The van der Waals surface area contributed by atoms with Gasteiger partial charge in [0.15, 0.2) is 12.3 Å². The summed E-state index contributed by atoms with van der Waals surface area (Å²) in [6.07, 6.45) is 0.737. The molecule has 1 atom stereocenters. The van der Waals surface area contributed by atoms with Crippen molar-refractivity contribution in [3.05, 3.63) is 87.9 Å². The summed E-state index contributed by atoms with van der Waals surface area (Å²) >= 11 is 12.0. The van der Waals surface area contributed by atoms with E-state index < -0.39 is 11.4 Å². The zero-order valence-electron chi connectivity index (χ0n) is 20.1. The smallest absolute Gasteiger partial charge is 0.302 e. The minimum absolute atomic E-state index is 0.0178. The van der Waals surface area contributed by atoms with E-state index in [-0.39, 0.29) is 23.6 Å². The Hall–Kier alpha value is -3.35. The number of aromatic nitrogens is 1. The normalized spacial score (nSPS) is 18.6. The standard InChI is InChI=1S/C28H25Cl2N3O3/c1-27(2)16-28(3,17-7-9-18(29)10-8-17)22-6-4-5-21-24(26(35)33(27)25(21)22)32-31-23(34)15-36-20-13-11-19(30)12-14-20/h4-14,35H,15-16H2,1-3H3. The summed E-state index contributed by atoms with van der Waals surface area (Å²) < 4.78 is 7.36. The molecule has 0 spiro atoms. The lowest BCUT2D eigenvalue weighted by Gasteiger charge is -2.45. The maximum Gasteiger partial charge on any atom is 0.302 e. The second kappa shape index (κ2) is 8.95. The van der Waals surface area contributed by atoms with Gasteiger partial charge in [-0.3, -0.25) is 4.79 Å². The van der Waals surface area contributed by atoms with Crippen LogP contribution in [0.15, 0.2) is 77.0 Å². The van der Waals surface area contributed by atoms with Crippen molar-refractivity contribution in [2.24, 2.45) is 10.2 Å². The number of amides is 1. The van der Waals surface area contributed by atoms with Crippen LogP contribution in [0.5, 0.6) is 11.6 Å². The molecule has 1 aliphatic heterocycles. The summed E-state index contributed by atoms with van der Waals surface area (Å²) in [5.41, 5.74) is 2.57. The Balaban J connectivity index is 1.53. The summed E-state index contributed by atoms with van der Waals surface area (Å²) in [6, 6.07) is 20.5. The number of aromatic hydroxyl groups is 1. The second-order valence-electron chi connectivity index (χ2n) is 9.87. The summed E-state index contributed by atoms with van der Waals surface area (Å²) in [5, 5.41) is 21.3. The van der Waals surface area contributed by atoms with Crippen molar-refractivity contribution < 1.29 is 14.6 Å². The van der Waals surface area contributed by atoms with Gasteiger partial charge in [0, 0.05) is 26.4 Å². The van der Waals surface area contributed by atoms with E-state index in [1.165, 1.54) is 0 Å². The summed E-state index contributed by atoms with van der Waals surface area (Å²) in [4.78, 5) is 12.4. The summed E-state index contributed by atoms with van der Waals surface area (Å²) in [7, 11) is 0. The van der Waals surface area contributed by atoms with Crippen molar-refractivity contribution in [3.63, 3.8) is 0 Å². The molecule has 184 valence electrons. The number of carbonyl (C=O) groups excluding carboxylic acids is 1. The molecule has 8 heteroatoms. The number of benzene rings is 3. The predicted octanol–water partition coefficient (Wildman–Crippen LogP) is 7.79. The molecule has 6 nitrogen and oxygen atoms in total. The largest absolute Gasteiger partial charge is 0.493 e. The number of rotatable bonds is 5. The number of halogens is 2. The van der Waals surface area contributed by atoms with Crippen LogP contribution in [0.2, 0.25) is 10.0 Å². The maximum atomic E-state index is 12.4. The minimum atomic E-state index is -0.568. The molecular weight excluding hydrogens is 497 g/mol. The van der Waals surface area contributed by atoms with Crippen molar-refractivity contribution in [2.45, 2.75) is 38.1 Å². The second-order valence-corrected chi connectivity index (χ2v) is 10.7. The average molecular weight is 522 g/mol. The van der Waals surface area contributed by atoms with Gasteiger partial charge in [0.2, 0.25) is 5.88 Å². The van der Waals surface area contributed by atoms with Gasteiger partial charge in [0.1, 0.15) is 5.75 Å². The minimum Gasteiger partial charge on any atom is -0.493 e. The van der Waals surface area contributed by atoms with Gasteiger partial charge in [0.05, 0.1) is 5.52 Å². The van der Waals surface area contributed by atoms with Crippen molar-refractivity contribution in [1.29, 1.82) is 0 Å². The molecule has 0 saturated carbocycles. The fourth-order valence-electron chi connectivity index (χ4n) is 5.37. The molecule has 1 N–H and O–H groups in total. The summed E-state index contributed by atoms with van der Waals surface area (Å²) in [6.45, 7) is 6.10. The van der Waals surface area contributed by atoms with Gasteiger partial charge in [-0.15, -0.1) is 10.2 Å². The van der Waals surface area contributed by atoms with E-state index in [1.807, 2.05) is 28.8 Å². The van der Waals surface area contributed by atoms with Gasteiger partial charge in [-0.05, 0) is 67.8 Å². The number of para-hydroxylation sites is 1. The van der Waals surface area contributed by atoms with E-state index >= 15 is 0 Å². The Morgan fingerprint density at radius 1 is 1.00 bits per heavy atom. The van der Waals surface area contributed by atoms with E-state index in [2.05, 4.69) is 49.2 Å². The van der Waals surface area contributed by atoms with E-state index in [0.717, 1.165) is 28.5 Å². The molecule has 0 bridgehead atoms. The highest BCUT2D eigenvalue weighted by molar-refractivity contribution is 6.30. The Labute approximate surface area is 219 Å². The topological polar surface area (TPSA) is 76.2 Å². The van der Waals surface area contributed by atoms with Crippen LogP contribution in [0.1, 0.15) is 38.3 Å². The third-order valence-electron chi connectivity index (χ3n) is 6.84. The predicted molar refractivity (Wildman–Crippen MR) is 142 cm³/mol. The lowest BCUT2D eigenvalue weighted by atomic mass is 9.66. The Morgan fingerprint density at radius 3 is 2.31 bits per heavy atom. The number of ether oxygens (including phenoxy) is 1. The van der Waals surface area contributed by atoms with Gasteiger partial charge >= 0.3 is 5.91 Å². The molecule has 0 saturated heterocycles. The molecule has 1 aromatic heterocycles.